The summed E-state index contributed by atoms with van der Waals surface area (Å²) >= 11 is 0. The molecule has 4 N–H and O–H groups in total. The molecule has 0 saturated heterocycles. The second-order valence-electron chi connectivity index (χ2n) is 5.49. The third-order valence-corrected chi connectivity index (χ3v) is 4.38. The number of fused-ring (bicyclic) bond motifs is 1. The van der Waals surface area contributed by atoms with Crippen molar-refractivity contribution in [3.05, 3.63) is 11.4 Å². The Morgan fingerprint density at radius 3 is 2.40 bits per heavy atom. The van der Waals surface area contributed by atoms with Gasteiger partial charge in [-0.1, -0.05) is 19.3 Å². The highest BCUT2D eigenvalue weighted by molar-refractivity contribution is 5.48. The molecule has 0 radical (unpaired) electrons. The molecule has 20 heavy (non-hydrogen) atoms. The van der Waals surface area contributed by atoms with Crippen molar-refractivity contribution in [1.29, 1.82) is 15.8 Å². The predicted octanol–water partition coefficient (Wildman–Crippen LogP) is 0.976. The van der Waals surface area contributed by atoms with Crippen LogP contribution < -0.4 is 11.1 Å². The third kappa shape index (κ3) is 1.88. The molecule has 2 rings (SSSR count). The monoisotopic (exact) mass is 271 g/mol. The molecule has 2 aliphatic rings. The zero-order chi connectivity index (χ0) is 14.8. The molecule has 1 heterocycles. The van der Waals surface area contributed by atoms with Gasteiger partial charge in [0.05, 0.1) is 12.1 Å². The number of allylic oxidation sites excluding steroid dienone is 1. The number of aliphatic hydroxyl groups is 1. The van der Waals surface area contributed by atoms with Crippen LogP contribution in [0.25, 0.3) is 0 Å². The van der Waals surface area contributed by atoms with E-state index in [0.29, 0.717) is 12.8 Å². The van der Waals surface area contributed by atoms with Gasteiger partial charge in [-0.25, -0.2) is 0 Å². The van der Waals surface area contributed by atoms with Crippen molar-refractivity contribution >= 4 is 0 Å². The highest BCUT2D eigenvalue weighted by Crippen LogP contribution is 2.48. The van der Waals surface area contributed by atoms with Gasteiger partial charge in [0, 0.05) is 5.92 Å². The van der Waals surface area contributed by atoms with Crippen LogP contribution in [-0.2, 0) is 0 Å². The molecule has 1 aliphatic heterocycles. The molecule has 1 saturated carbocycles. The van der Waals surface area contributed by atoms with E-state index in [1.807, 2.05) is 18.2 Å². The SMILES string of the molecule is N#CC1=C(N)NC2(O)CCCCCCC2C1(C#N)C#N. The molecule has 0 aromatic heterocycles. The Labute approximate surface area is 118 Å². The highest BCUT2D eigenvalue weighted by atomic mass is 16.3. The molecule has 0 bridgehead atoms. The summed E-state index contributed by atoms with van der Waals surface area (Å²) < 4.78 is 0. The van der Waals surface area contributed by atoms with Crippen LogP contribution in [0.4, 0.5) is 0 Å². The van der Waals surface area contributed by atoms with Crippen LogP contribution in [0.2, 0.25) is 0 Å². The van der Waals surface area contributed by atoms with E-state index in [2.05, 4.69) is 5.32 Å². The van der Waals surface area contributed by atoms with Crippen LogP contribution >= 0.6 is 0 Å². The van der Waals surface area contributed by atoms with Crippen LogP contribution in [0.5, 0.6) is 0 Å². The normalized spacial score (nSPS) is 32.4. The molecule has 1 aliphatic carbocycles. The fourth-order valence-electron chi connectivity index (χ4n) is 3.36. The van der Waals surface area contributed by atoms with Crippen molar-refractivity contribution in [2.75, 3.05) is 0 Å². The summed E-state index contributed by atoms with van der Waals surface area (Å²) in [6.07, 6.45) is 4.55. The van der Waals surface area contributed by atoms with Crippen molar-refractivity contribution in [3.63, 3.8) is 0 Å². The van der Waals surface area contributed by atoms with Crippen LogP contribution in [0, 0.1) is 45.3 Å². The van der Waals surface area contributed by atoms with Gasteiger partial charge in [-0.15, -0.1) is 0 Å². The summed E-state index contributed by atoms with van der Waals surface area (Å²) in [7, 11) is 0. The van der Waals surface area contributed by atoms with Gasteiger partial charge in [0.25, 0.3) is 0 Å². The number of nitrogens with one attached hydrogen (secondary N) is 1. The molecular weight excluding hydrogens is 254 g/mol. The molecule has 0 spiro atoms. The molecule has 104 valence electrons. The van der Waals surface area contributed by atoms with E-state index in [0.717, 1.165) is 25.7 Å². The molecule has 6 heteroatoms. The smallest absolute Gasteiger partial charge is 0.189 e. The van der Waals surface area contributed by atoms with Crippen molar-refractivity contribution in [2.24, 2.45) is 17.1 Å². The quantitative estimate of drug-likeness (QED) is 0.602. The van der Waals surface area contributed by atoms with Crippen LogP contribution in [-0.4, -0.2) is 10.8 Å². The Bertz CT molecular complexity index is 548. The van der Waals surface area contributed by atoms with E-state index >= 15 is 0 Å². The van der Waals surface area contributed by atoms with Crippen molar-refractivity contribution < 1.29 is 5.11 Å². The van der Waals surface area contributed by atoms with Gasteiger partial charge >= 0.3 is 0 Å². The first kappa shape index (κ1) is 14.2. The second-order valence-corrected chi connectivity index (χ2v) is 5.49. The average Bonchev–Trinajstić information content (AvgIpc) is 2.41. The van der Waals surface area contributed by atoms with Gasteiger partial charge in [-0.3, -0.25) is 0 Å². The molecule has 0 aromatic carbocycles. The van der Waals surface area contributed by atoms with E-state index in [1.165, 1.54) is 0 Å². The van der Waals surface area contributed by atoms with Gasteiger partial charge in [-0.2, -0.15) is 15.8 Å². The zero-order valence-corrected chi connectivity index (χ0v) is 11.2. The summed E-state index contributed by atoms with van der Waals surface area (Å²) in [4.78, 5) is 0. The summed E-state index contributed by atoms with van der Waals surface area (Å²) in [5, 5.41) is 41.9. The highest BCUT2D eigenvalue weighted by Gasteiger charge is 2.57. The lowest BCUT2D eigenvalue weighted by atomic mass is 9.62. The number of nitriles is 3. The fourth-order valence-corrected chi connectivity index (χ4v) is 3.36. The minimum Gasteiger partial charge on any atom is -0.385 e. The molecule has 6 nitrogen and oxygen atoms in total. The van der Waals surface area contributed by atoms with Gasteiger partial charge in [0.2, 0.25) is 0 Å². The molecule has 2 unspecified atom stereocenters. The Balaban J connectivity index is 2.61. The maximum Gasteiger partial charge on any atom is 0.189 e. The Hall–Kier alpha value is -2.23. The van der Waals surface area contributed by atoms with E-state index in [1.54, 1.807) is 0 Å². The van der Waals surface area contributed by atoms with Crippen molar-refractivity contribution in [3.8, 4) is 18.2 Å². The molecule has 0 aromatic rings. The van der Waals surface area contributed by atoms with E-state index in [9.17, 15) is 20.9 Å². The fraction of sp³-hybridized carbons (Fsp3) is 0.643. The molecule has 1 fully saturated rings. The predicted molar refractivity (Wildman–Crippen MR) is 69.8 cm³/mol. The summed E-state index contributed by atoms with van der Waals surface area (Å²) in [6, 6.07) is 5.77. The van der Waals surface area contributed by atoms with E-state index < -0.39 is 17.1 Å². The number of nitrogens with zero attached hydrogens (tertiary/aromatic N) is 3. The Kier molecular flexibility index (Phi) is 3.57. The third-order valence-electron chi connectivity index (χ3n) is 4.38. The van der Waals surface area contributed by atoms with Crippen LogP contribution in [0.15, 0.2) is 11.4 Å². The maximum atomic E-state index is 10.8. The topological polar surface area (TPSA) is 130 Å². The van der Waals surface area contributed by atoms with Crippen LogP contribution in [0.3, 0.4) is 0 Å². The standard InChI is InChI=1S/C14H17N5O/c15-7-10-12(18)19-14(20)6-4-2-1-3-5-11(14)13(10,8-16)9-17/h11,19-20H,1-6,18H2. The van der Waals surface area contributed by atoms with Gasteiger partial charge in [-0.05, 0) is 19.3 Å². The van der Waals surface area contributed by atoms with Crippen LogP contribution in [0.1, 0.15) is 38.5 Å². The lowest BCUT2D eigenvalue weighted by Gasteiger charge is -2.47. The summed E-state index contributed by atoms with van der Waals surface area (Å²) in [5.74, 6) is -0.706. The minimum atomic E-state index is -1.67. The Morgan fingerprint density at radius 1 is 1.15 bits per heavy atom. The van der Waals surface area contributed by atoms with E-state index in [-0.39, 0.29) is 11.4 Å². The molecular formula is C14H17N5O. The zero-order valence-electron chi connectivity index (χ0n) is 11.2. The second kappa shape index (κ2) is 5.04. The number of rotatable bonds is 0. The number of hydrogen-bond acceptors (Lipinski definition) is 6. The molecule has 2 atom stereocenters. The van der Waals surface area contributed by atoms with Gasteiger partial charge in [0.15, 0.2) is 5.41 Å². The largest absolute Gasteiger partial charge is 0.385 e. The summed E-state index contributed by atoms with van der Waals surface area (Å²) in [6.45, 7) is 0. The lowest BCUT2D eigenvalue weighted by Crippen LogP contribution is -2.62. The summed E-state index contributed by atoms with van der Waals surface area (Å²) in [5.41, 5.74) is 2.65. The first-order chi connectivity index (χ1) is 9.54. The maximum absolute atomic E-state index is 10.8. The average molecular weight is 271 g/mol. The lowest BCUT2D eigenvalue weighted by molar-refractivity contribution is -0.0863. The Morgan fingerprint density at radius 2 is 1.80 bits per heavy atom. The first-order valence-corrected chi connectivity index (χ1v) is 6.77. The van der Waals surface area contributed by atoms with Crippen molar-refractivity contribution in [2.45, 2.75) is 44.2 Å². The number of hydrogen-bond donors (Lipinski definition) is 3. The van der Waals surface area contributed by atoms with Crippen molar-refractivity contribution in [1.82, 2.24) is 5.32 Å². The number of nitrogens with two attached hydrogens (primary N) is 1. The first-order valence-electron chi connectivity index (χ1n) is 6.77. The van der Waals surface area contributed by atoms with E-state index in [4.69, 9.17) is 5.73 Å². The van der Waals surface area contributed by atoms with Gasteiger partial charge < -0.3 is 16.2 Å². The molecule has 0 amide bonds. The van der Waals surface area contributed by atoms with Gasteiger partial charge in [0.1, 0.15) is 23.2 Å². The minimum absolute atomic E-state index is 0.0603.